The number of hydrogen-bond donors (Lipinski definition) is 0. The molecule has 1 aromatic rings. The van der Waals surface area contributed by atoms with Crippen LogP contribution in [-0.4, -0.2) is 5.71 Å². The summed E-state index contributed by atoms with van der Waals surface area (Å²) in [7, 11) is 0. The van der Waals surface area contributed by atoms with E-state index in [0.29, 0.717) is 0 Å². The number of allylic oxidation sites excluding steroid dienone is 2. The van der Waals surface area contributed by atoms with E-state index in [9.17, 15) is 0 Å². The normalized spacial score (nSPS) is 12.8. The molecule has 1 rings (SSSR count). The molecular weight excluding hydrogens is 194 g/mol. The lowest BCUT2D eigenvalue weighted by atomic mass is 10.1. The number of benzene rings is 1. The molecule has 0 aliphatic carbocycles. The Labute approximate surface area is 98.2 Å². The third-order valence-corrected chi connectivity index (χ3v) is 2.53. The first-order valence-corrected chi connectivity index (χ1v) is 5.49. The van der Waals surface area contributed by atoms with E-state index in [1.807, 2.05) is 39.0 Å². The van der Waals surface area contributed by atoms with Gasteiger partial charge in [-0.05, 0) is 44.4 Å². The first-order valence-electron chi connectivity index (χ1n) is 5.49. The van der Waals surface area contributed by atoms with E-state index >= 15 is 0 Å². The monoisotopic (exact) mass is 213 g/mol. The Kier molecular flexibility index (Phi) is 4.24. The number of hydrogen-bond acceptors (Lipinski definition) is 1. The van der Waals surface area contributed by atoms with Crippen molar-refractivity contribution in [3.05, 3.63) is 59.3 Å². The molecule has 84 valence electrons. The third-order valence-electron chi connectivity index (χ3n) is 2.53. The van der Waals surface area contributed by atoms with Crippen LogP contribution >= 0.6 is 0 Å². The second-order valence-corrected chi connectivity index (χ2v) is 3.97. The average Bonchev–Trinajstić information content (AvgIpc) is 2.25. The SMILES string of the molecule is C=C(C)/C(=C/C)N=C(C)c1ccccc1C. The Bertz CT molecular complexity index is 450. The zero-order valence-corrected chi connectivity index (χ0v) is 10.5. The largest absolute Gasteiger partial charge is 0.253 e. The number of aliphatic imine (C=N–C) groups is 1. The summed E-state index contributed by atoms with van der Waals surface area (Å²) in [6.07, 6.45) is 1.99. The van der Waals surface area contributed by atoms with Crippen LogP contribution < -0.4 is 0 Å². The van der Waals surface area contributed by atoms with Crippen LogP contribution in [0.15, 0.2) is 53.2 Å². The summed E-state index contributed by atoms with van der Waals surface area (Å²) >= 11 is 0. The van der Waals surface area contributed by atoms with Crippen LogP contribution in [0, 0.1) is 6.92 Å². The number of aryl methyl sites for hydroxylation is 1. The van der Waals surface area contributed by atoms with Gasteiger partial charge in [-0.15, -0.1) is 0 Å². The lowest BCUT2D eigenvalue weighted by Crippen LogP contribution is -1.98. The molecule has 0 aromatic heterocycles. The van der Waals surface area contributed by atoms with Crippen LogP contribution in [0.25, 0.3) is 0 Å². The standard InChI is InChI=1S/C15H19N/c1-6-15(11(2)3)16-13(5)14-10-8-7-9-12(14)4/h6-10H,2H2,1,3-5H3/b15-6-,16-13?. The Hall–Kier alpha value is -1.63. The zero-order chi connectivity index (χ0) is 12.1. The lowest BCUT2D eigenvalue weighted by molar-refractivity contribution is 1.26. The minimum atomic E-state index is 0.959. The van der Waals surface area contributed by atoms with Crippen LogP contribution in [0.4, 0.5) is 0 Å². The summed E-state index contributed by atoms with van der Waals surface area (Å²) in [5.74, 6) is 0. The molecule has 1 heteroatoms. The molecule has 0 spiro atoms. The fourth-order valence-corrected chi connectivity index (χ4v) is 1.63. The van der Waals surface area contributed by atoms with E-state index in [-0.39, 0.29) is 0 Å². The first kappa shape index (κ1) is 12.4. The van der Waals surface area contributed by atoms with Crippen LogP contribution in [0.1, 0.15) is 31.9 Å². The Balaban J connectivity index is 3.12. The highest BCUT2D eigenvalue weighted by Crippen LogP contribution is 2.13. The predicted molar refractivity (Wildman–Crippen MR) is 72.0 cm³/mol. The van der Waals surface area contributed by atoms with Gasteiger partial charge in [-0.2, -0.15) is 0 Å². The second-order valence-electron chi connectivity index (χ2n) is 3.97. The summed E-state index contributed by atoms with van der Waals surface area (Å²) in [6.45, 7) is 12.0. The molecule has 0 amide bonds. The molecule has 0 aliphatic heterocycles. The van der Waals surface area contributed by atoms with E-state index in [2.05, 4.69) is 30.6 Å². The molecule has 0 radical (unpaired) electrons. The molecule has 1 nitrogen and oxygen atoms in total. The lowest BCUT2D eigenvalue weighted by Gasteiger charge is -2.06. The van der Waals surface area contributed by atoms with Gasteiger partial charge < -0.3 is 0 Å². The average molecular weight is 213 g/mol. The molecule has 0 fully saturated rings. The highest BCUT2D eigenvalue weighted by Gasteiger charge is 2.02. The highest BCUT2D eigenvalue weighted by molar-refractivity contribution is 6.00. The number of rotatable bonds is 3. The second kappa shape index (κ2) is 5.45. The summed E-state index contributed by atoms with van der Waals surface area (Å²) in [5.41, 5.74) is 5.44. The molecule has 0 saturated heterocycles. The zero-order valence-electron chi connectivity index (χ0n) is 10.5. The van der Waals surface area contributed by atoms with Crippen molar-refractivity contribution in [2.75, 3.05) is 0 Å². The van der Waals surface area contributed by atoms with Gasteiger partial charge in [0.25, 0.3) is 0 Å². The van der Waals surface area contributed by atoms with E-state index in [4.69, 9.17) is 0 Å². The molecule has 0 bridgehead atoms. The maximum Gasteiger partial charge on any atom is 0.0613 e. The van der Waals surface area contributed by atoms with Gasteiger partial charge in [0.05, 0.1) is 5.70 Å². The molecule has 0 saturated carbocycles. The summed E-state index contributed by atoms with van der Waals surface area (Å²) in [4.78, 5) is 4.60. The van der Waals surface area contributed by atoms with Gasteiger partial charge in [0, 0.05) is 5.71 Å². The van der Waals surface area contributed by atoms with Crippen molar-refractivity contribution in [3.8, 4) is 0 Å². The fraction of sp³-hybridized carbons (Fsp3) is 0.267. The Morgan fingerprint density at radius 3 is 2.38 bits per heavy atom. The Morgan fingerprint density at radius 2 is 1.88 bits per heavy atom. The van der Waals surface area contributed by atoms with Crippen molar-refractivity contribution in [1.29, 1.82) is 0 Å². The van der Waals surface area contributed by atoms with Gasteiger partial charge in [0.1, 0.15) is 0 Å². The molecule has 0 aliphatic rings. The van der Waals surface area contributed by atoms with Gasteiger partial charge in [-0.25, -0.2) is 0 Å². The van der Waals surface area contributed by atoms with Gasteiger partial charge in [0.15, 0.2) is 0 Å². The summed E-state index contributed by atoms with van der Waals surface area (Å²) in [6, 6.07) is 8.28. The van der Waals surface area contributed by atoms with E-state index in [1.165, 1.54) is 11.1 Å². The van der Waals surface area contributed by atoms with Crippen molar-refractivity contribution in [2.45, 2.75) is 27.7 Å². The molecule has 0 N–H and O–H groups in total. The van der Waals surface area contributed by atoms with Crippen molar-refractivity contribution >= 4 is 5.71 Å². The van der Waals surface area contributed by atoms with Crippen LogP contribution in [0.3, 0.4) is 0 Å². The fourth-order valence-electron chi connectivity index (χ4n) is 1.63. The Morgan fingerprint density at radius 1 is 1.25 bits per heavy atom. The summed E-state index contributed by atoms with van der Waals surface area (Å²) < 4.78 is 0. The third kappa shape index (κ3) is 2.93. The molecule has 1 aromatic carbocycles. The van der Waals surface area contributed by atoms with Crippen LogP contribution in [0.2, 0.25) is 0 Å². The molecule has 0 atom stereocenters. The van der Waals surface area contributed by atoms with Crippen molar-refractivity contribution in [2.24, 2.45) is 4.99 Å². The minimum Gasteiger partial charge on any atom is -0.253 e. The minimum absolute atomic E-state index is 0.959. The smallest absolute Gasteiger partial charge is 0.0613 e. The van der Waals surface area contributed by atoms with Gasteiger partial charge >= 0.3 is 0 Å². The highest BCUT2D eigenvalue weighted by atomic mass is 14.8. The maximum absolute atomic E-state index is 4.60. The van der Waals surface area contributed by atoms with Gasteiger partial charge in [-0.3, -0.25) is 4.99 Å². The first-order chi connectivity index (χ1) is 7.56. The van der Waals surface area contributed by atoms with Crippen LogP contribution in [0.5, 0.6) is 0 Å². The van der Waals surface area contributed by atoms with Gasteiger partial charge in [-0.1, -0.05) is 36.9 Å². The van der Waals surface area contributed by atoms with Crippen molar-refractivity contribution in [3.63, 3.8) is 0 Å². The molecule has 0 unspecified atom stereocenters. The van der Waals surface area contributed by atoms with E-state index < -0.39 is 0 Å². The topological polar surface area (TPSA) is 12.4 Å². The predicted octanol–water partition coefficient (Wildman–Crippen LogP) is 4.28. The van der Waals surface area contributed by atoms with Crippen molar-refractivity contribution in [1.82, 2.24) is 0 Å². The van der Waals surface area contributed by atoms with E-state index in [1.54, 1.807) is 0 Å². The quantitative estimate of drug-likeness (QED) is 0.525. The molecule has 16 heavy (non-hydrogen) atoms. The van der Waals surface area contributed by atoms with E-state index in [0.717, 1.165) is 17.0 Å². The van der Waals surface area contributed by atoms with Crippen molar-refractivity contribution < 1.29 is 0 Å². The van der Waals surface area contributed by atoms with Gasteiger partial charge in [0.2, 0.25) is 0 Å². The van der Waals surface area contributed by atoms with Crippen LogP contribution in [-0.2, 0) is 0 Å². The summed E-state index contributed by atoms with van der Waals surface area (Å²) in [5, 5.41) is 0. The number of nitrogens with zero attached hydrogens (tertiary/aromatic N) is 1. The molecular formula is C15H19N. The molecule has 0 heterocycles. The maximum atomic E-state index is 4.60.